The van der Waals surface area contributed by atoms with Crippen molar-refractivity contribution in [2.75, 3.05) is 133 Å². The van der Waals surface area contributed by atoms with E-state index in [1.54, 1.807) is 50.9 Å². The van der Waals surface area contributed by atoms with E-state index in [0.717, 1.165) is 53.5 Å². The first-order valence-electron chi connectivity index (χ1n) is 46.5. The fourth-order valence-electron chi connectivity index (χ4n) is 17.6. The minimum atomic E-state index is -2.45. The van der Waals surface area contributed by atoms with Gasteiger partial charge in [0, 0.05) is 134 Å². The number of piperidine rings is 1. The van der Waals surface area contributed by atoms with Crippen LogP contribution in [0.5, 0.6) is 5.75 Å². The standard InChI is InChI=1S/C95H144N12O22/c1-12-127-80-59-81(128-94(116)78-26-16-18-38-105(78)93(115)90(114)95(117)68(8)28-31-74(129-95)58-79(118-9)63(3)23-15-13-14-22-62(2)52-66(6)87(112)89(120-11)88(113)67(7)53-64(80)4)65(5)54-69-29-33-77(82(55-69)119-10)107-60-71(102-104-107)24-20-27-83(110)98-37-43-124-47-51-126-49-45-122-41-34-72(108)25-21-40-121-44-48-125-50-46-123-42-35-84(111)97-36-17-19-39-106-92-85(91(96)99-61-100-92)86(103-106)76-57-70-56-73(109)30-32-75(70)101-76/h13-15,22-23,30,32,53,56-57,60-62,64-66,68-69,74,77-82,88-89,101,109,113,117H,12,16-21,24-29,31,33-52,54-55,58-59H2,1-11H3,(H,97,111)(H,98,110)(H2,96,99,100)/b15-13+,22-14+,63-23+,67-53+/t62-,64-,65-,66-,68-,69+,74+,77+,78+,79+,80-,81+,82-,88-,89+,95-/m1/s1. The van der Waals surface area contributed by atoms with E-state index >= 15 is 4.79 Å². The second-order valence-electron chi connectivity index (χ2n) is 35.0. The number of aliphatic hydroxyl groups is 2. The first-order chi connectivity index (χ1) is 62.2. The van der Waals surface area contributed by atoms with Crippen molar-refractivity contribution in [3.63, 3.8) is 0 Å². The molecule has 4 aromatic heterocycles. The molecule has 0 spiro atoms. The largest absolute Gasteiger partial charge is 0.508 e. The fourth-order valence-corrected chi connectivity index (χ4v) is 17.6. The molecule has 3 fully saturated rings. The number of aromatic amines is 1. The predicted octanol–water partition coefficient (Wildman–Crippen LogP) is 10.3. The van der Waals surface area contributed by atoms with Crippen LogP contribution in [-0.4, -0.2) is 282 Å². The normalized spacial score (nSPS) is 26.8. The Balaban J connectivity index is 0.620. The van der Waals surface area contributed by atoms with Gasteiger partial charge in [-0.25, -0.2) is 24.1 Å². The monoisotopic (exact) mass is 1810 g/mol. The number of ether oxygens (including phenoxy) is 12. The number of aromatic hydroxyl groups is 1. The number of hydrogen-bond acceptors (Lipinski definition) is 28. The Bertz CT molecular complexity index is 4450. The molecule has 3 aliphatic heterocycles. The second-order valence-corrected chi connectivity index (χ2v) is 35.0. The number of hydrogen-bond donors (Lipinski definition) is 7. The SMILES string of the molecule is CCO[C@@H]1C[C@@H]([C@H](C)C[C@@H]2CC[C@H](n3cc(CCCC(=O)NCCOCCOCCOCCC(=O)CCCOCCOCCOCCC(=O)NCCCCn4nc(-c5cc6cc(O)ccc6[nH]5)c5c(N)ncnc54)nn3)[C@H](OC)C2)OC(=O)[C@@H]2CCCCN2C(=O)C(=O)[C@]2(O)O[C@@H](CC[C@H]2C)C[C@H](OC)/C(C)=C/C=C/C=C/[C@@H](C)C[C@@H](C)C(=O)[C@H](OC)[C@H](O)/C(C)=C/[C@H]1C. The molecule has 9 rings (SSSR count). The molecular weight excluding hydrogens is 1660 g/mol. The smallest absolute Gasteiger partial charge is 0.329 e. The number of amides is 3. The molecule has 7 heterocycles. The number of methoxy groups -OCH3 is 3. The van der Waals surface area contributed by atoms with Gasteiger partial charge in [-0.3, -0.25) is 28.8 Å². The van der Waals surface area contributed by atoms with Gasteiger partial charge >= 0.3 is 5.97 Å². The van der Waals surface area contributed by atoms with Gasteiger partial charge in [-0.2, -0.15) is 5.10 Å². The number of nitrogens with zero attached hydrogens (tertiary/aromatic N) is 8. The van der Waals surface area contributed by atoms with E-state index in [1.807, 2.05) is 88.0 Å². The number of esters is 1. The molecule has 16 atom stereocenters. The van der Waals surface area contributed by atoms with Crippen molar-refractivity contribution in [3.8, 4) is 17.1 Å². The molecule has 716 valence electrons. The molecule has 2 saturated heterocycles. The van der Waals surface area contributed by atoms with Crippen LogP contribution in [0.25, 0.3) is 33.3 Å². The van der Waals surface area contributed by atoms with Crippen molar-refractivity contribution in [3.05, 3.63) is 90.1 Å². The van der Waals surface area contributed by atoms with E-state index in [-0.39, 0.29) is 97.4 Å². The molecule has 8 N–H and O–H groups in total. The van der Waals surface area contributed by atoms with Crippen LogP contribution >= 0.6 is 0 Å². The predicted molar refractivity (Wildman–Crippen MR) is 484 cm³/mol. The van der Waals surface area contributed by atoms with Crippen molar-refractivity contribution in [2.45, 2.75) is 257 Å². The summed E-state index contributed by atoms with van der Waals surface area (Å²) in [4.78, 5) is 109. The molecule has 34 heteroatoms. The number of nitrogens with two attached hydrogens (primary N) is 1. The number of ketones is 3. The van der Waals surface area contributed by atoms with Gasteiger partial charge < -0.3 is 98.4 Å². The average Bonchev–Trinajstić information content (AvgIpc) is 1.63. The Hall–Kier alpha value is -8.62. The van der Waals surface area contributed by atoms with Crippen LogP contribution in [0.1, 0.15) is 196 Å². The highest BCUT2D eigenvalue weighted by Gasteiger charge is 2.53. The number of anilines is 1. The summed E-state index contributed by atoms with van der Waals surface area (Å²) in [5.74, 6) is -6.75. The molecule has 5 aromatic rings. The number of carbonyl (C=O) groups is 7. The van der Waals surface area contributed by atoms with Crippen molar-refractivity contribution >= 4 is 68.8 Å². The van der Waals surface area contributed by atoms with Crippen molar-refractivity contribution in [1.82, 2.24) is 55.3 Å². The average molecular weight is 1810 g/mol. The zero-order chi connectivity index (χ0) is 92.8. The first kappa shape index (κ1) is 104. The highest BCUT2D eigenvalue weighted by atomic mass is 16.6. The highest BCUT2D eigenvalue weighted by molar-refractivity contribution is 6.39. The van der Waals surface area contributed by atoms with Gasteiger partial charge in [0.15, 0.2) is 11.4 Å². The maximum Gasteiger partial charge on any atom is 0.329 e. The summed E-state index contributed by atoms with van der Waals surface area (Å²) in [7, 11) is 4.71. The van der Waals surface area contributed by atoms with Gasteiger partial charge in [0.2, 0.25) is 17.6 Å². The fraction of sp³-hybridized carbons (Fsp3) is 0.684. The Morgan fingerprint density at radius 1 is 0.729 bits per heavy atom. The number of unbranched alkanes of at least 4 members (excludes halogenated alkanes) is 1. The Labute approximate surface area is 758 Å². The van der Waals surface area contributed by atoms with Crippen LogP contribution in [0.2, 0.25) is 0 Å². The number of phenolic OH excluding ortho intramolecular Hbond substituents is 1. The Kier molecular flexibility index (Phi) is 43.9. The number of rotatable bonds is 44. The lowest BCUT2D eigenvalue weighted by atomic mass is 9.77. The number of fused-ring (bicyclic) bond motifs is 5. The van der Waals surface area contributed by atoms with E-state index in [1.165, 1.54) is 18.3 Å². The summed E-state index contributed by atoms with van der Waals surface area (Å²) < 4.78 is 74.7. The summed E-state index contributed by atoms with van der Waals surface area (Å²) in [5.41, 5.74) is 11.2. The number of phenols is 1. The number of carbonyl (C=O) groups excluding carboxylic acids is 7. The Morgan fingerprint density at radius 2 is 1.44 bits per heavy atom. The number of aryl methyl sites for hydroxylation is 2. The summed E-state index contributed by atoms with van der Waals surface area (Å²) in [6, 6.07) is 5.75. The van der Waals surface area contributed by atoms with Crippen LogP contribution in [0, 0.1) is 35.5 Å². The van der Waals surface area contributed by atoms with E-state index < -0.39 is 77.9 Å². The van der Waals surface area contributed by atoms with E-state index in [0.29, 0.717) is 217 Å². The zero-order valence-electron chi connectivity index (χ0n) is 77.7. The summed E-state index contributed by atoms with van der Waals surface area (Å²) in [6.07, 6.45) is 20.4. The third-order valence-electron chi connectivity index (χ3n) is 25.1. The number of nitrogen functional groups attached to an aromatic ring is 1. The van der Waals surface area contributed by atoms with Crippen LogP contribution in [0.15, 0.2) is 84.4 Å². The number of Topliss-reactive ketones (excluding diaryl/α,β-unsaturated/α-hetero) is 3. The number of aromatic nitrogens is 8. The highest BCUT2D eigenvalue weighted by Crippen LogP contribution is 2.41. The van der Waals surface area contributed by atoms with Crippen molar-refractivity contribution in [2.24, 2.45) is 35.5 Å². The number of H-pyrrole nitrogens is 1. The van der Waals surface area contributed by atoms with Crippen LogP contribution in [0.4, 0.5) is 5.82 Å². The summed E-state index contributed by atoms with van der Waals surface area (Å²) >= 11 is 0. The van der Waals surface area contributed by atoms with Gasteiger partial charge in [-0.1, -0.05) is 76.3 Å². The molecule has 0 radical (unpaired) electrons. The summed E-state index contributed by atoms with van der Waals surface area (Å²) in [6.45, 7) is 21.1. The number of cyclic esters (lactones) is 1. The van der Waals surface area contributed by atoms with E-state index in [9.17, 15) is 44.1 Å². The lowest BCUT2D eigenvalue weighted by Crippen LogP contribution is -2.61. The minimum Gasteiger partial charge on any atom is -0.508 e. The topological polar surface area (TPSA) is 434 Å². The third kappa shape index (κ3) is 32.1. The molecule has 0 unspecified atom stereocenters. The zero-order valence-corrected chi connectivity index (χ0v) is 77.7. The lowest BCUT2D eigenvalue weighted by molar-refractivity contribution is -0.265. The Morgan fingerprint density at radius 3 is 2.17 bits per heavy atom. The molecule has 34 nitrogen and oxygen atoms in total. The van der Waals surface area contributed by atoms with Crippen molar-refractivity contribution in [1.29, 1.82) is 0 Å². The molecule has 129 heavy (non-hydrogen) atoms. The molecule has 4 aliphatic rings. The number of benzene rings is 1. The third-order valence-corrected chi connectivity index (χ3v) is 25.1. The maximum atomic E-state index is 15.0. The second kappa shape index (κ2) is 54.4. The van der Waals surface area contributed by atoms with Gasteiger partial charge in [0.05, 0.1) is 120 Å². The maximum absolute atomic E-state index is 15.0. The molecule has 1 aromatic carbocycles. The molecular formula is C95H144N12O22. The van der Waals surface area contributed by atoms with E-state index in [4.69, 9.17) is 67.7 Å². The van der Waals surface area contributed by atoms with Crippen LogP contribution in [-0.2, 0) is 103 Å². The molecule has 1 aliphatic carbocycles. The minimum absolute atomic E-state index is 0.0116. The first-order valence-corrected chi connectivity index (χ1v) is 46.5. The van der Waals surface area contributed by atoms with E-state index in [2.05, 4.69) is 42.8 Å². The van der Waals surface area contributed by atoms with Crippen LogP contribution < -0.4 is 16.4 Å². The molecule has 2 bridgehead atoms. The van der Waals surface area contributed by atoms with Gasteiger partial charge in [0.1, 0.15) is 53.7 Å². The summed E-state index contributed by atoms with van der Waals surface area (Å²) in [5, 5.41) is 55.2. The molecule has 1 saturated carbocycles. The number of allylic oxidation sites excluding steroid dienone is 5. The quantitative estimate of drug-likeness (QED) is 0.00824. The number of nitrogens with one attached hydrogen (secondary N) is 3. The number of aliphatic hydroxyl groups excluding tert-OH is 1. The van der Waals surface area contributed by atoms with Crippen LogP contribution in [0.3, 0.4) is 0 Å². The van der Waals surface area contributed by atoms with Crippen molar-refractivity contribution < 1.29 is 106 Å². The lowest BCUT2D eigenvalue weighted by Gasteiger charge is -2.43. The van der Waals surface area contributed by atoms with Gasteiger partial charge in [-0.05, 0) is 170 Å². The van der Waals surface area contributed by atoms with Gasteiger partial charge in [0.25, 0.3) is 11.7 Å². The van der Waals surface area contributed by atoms with Gasteiger partial charge in [-0.15, -0.1) is 5.10 Å². The molecule has 3 amide bonds.